The van der Waals surface area contributed by atoms with Gasteiger partial charge in [0, 0.05) is 53.8 Å². The van der Waals surface area contributed by atoms with Crippen LogP contribution in [-0.4, -0.2) is 36.1 Å². The minimum atomic E-state index is -3.33. The Balaban J connectivity index is 1.77. The molecule has 0 atom stereocenters. The highest BCUT2D eigenvalue weighted by molar-refractivity contribution is 7.90. The van der Waals surface area contributed by atoms with Crippen LogP contribution in [-0.2, 0) is 29.3 Å². The molecule has 0 aliphatic carbocycles. The summed E-state index contributed by atoms with van der Waals surface area (Å²) in [5.74, 6) is 0. The molecule has 0 radical (unpaired) electrons. The van der Waals surface area contributed by atoms with E-state index < -0.39 is 9.84 Å². The van der Waals surface area contributed by atoms with Gasteiger partial charge < -0.3 is 0 Å². The van der Waals surface area contributed by atoms with Crippen LogP contribution in [0.25, 0.3) is 0 Å². The first-order valence-electron chi connectivity index (χ1n) is 6.74. The van der Waals surface area contributed by atoms with Gasteiger partial charge in [-0.3, -0.25) is 4.90 Å². The van der Waals surface area contributed by atoms with E-state index in [-0.39, 0.29) is 5.16 Å². The molecule has 0 aromatic carbocycles. The predicted molar refractivity (Wildman–Crippen MR) is 82.0 cm³/mol. The summed E-state index contributed by atoms with van der Waals surface area (Å²) >= 11 is 1.82. The fourth-order valence-corrected chi connectivity index (χ4v) is 3.91. The van der Waals surface area contributed by atoms with Gasteiger partial charge in [0.25, 0.3) is 0 Å². The highest BCUT2D eigenvalue weighted by atomic mass is 32.2. The zero-order valence-electron chi connectivity index (χ0n) is 12.0. The molecule has 3 heterocycles. The van der Waals surface area contributed by atoms with E-state index in [1.54, 1.807) is 6.20 Å². The van der Waals surface area contributed by atoms with E-state index in [0.29, 0.717) is 0 Å². The van der Waals surface area contributed by atoms with E-state index in [1.807, 2.05) is 11.3 Å². The van der Waals surface area contributed by atoms with Crippen LogP contribution in [0.1, 0.15) is 21.0 Å². The van der Waals surface area contributed by atoms with E-state index in [4.69, 9.17) is 0 Å². The van der Waals surface area contributed by atoms with E-state index in [1.165, 1.54) is 9.75 Å². The van der Waals surface area contributed by atoms with Gasteiger partial charge in [-0.15, -0.1) is 11.3 Å². The molecular formula is C14H17N3O2S2. The molecule has 0 spiro atoms. The van der Waals surface area contributed by atoms with Crippen LogP contribution in [0.5, 0.6) is 0 Å². The zero-order valence-corrected chi connectivity index (χ0v) is 13.7. The predicted octanol–water partition coefficient (Wildman–Crippen LogP) is 1.81. The van der Waals surface area contributed by atoms with Crippen molar-refractivity contribution in [3.8, 4) is 0 Å². The summed E-state index contributed by atoms with van der Waals surface area (Å²) in [6, 6.07) is 4.30. The number of hydrogen-bond donors (Lipinski definition) is 0. The Hall–Kier alpha value is -1.31. The molecule has 1 aliphatic rings. The minimum absolute atomic E-state index is 0.0661. The van der Waals surface area contributed by atoms with Crippen LogP contribution in [0.4, 0.5) is 0 Å². The SMILES string of the molecule is Cc1ccc(CN2CCc3nc(S(C)(=O)=O)ncc3C2)s1. The molecule has 0 unspecified atom stereocenters. The monoisotopic (exact) mass is 323 g/mol. The average molecular weight is 323 g/mol. The second-order valence-electron chi connectivity index (χ2n) is 5.37. The molecule has 112 valence electrons. The third kappa shape index (κ3) is 3.30. The number of hydrogen-bond acceptors (Lipinski definition) is 6. The molecule has 0 N–H and O–H groups in total. The summed E-state index contributed by atoms with van der Waals surface area (Å²) in [6.45, 7) is 4.70. The van der Waals surface area contributed by atoms with E-state index in [2.05, 4.69) is 33.9 Å². The molecule has 5 nitrogen and oxygen atoms in total. The molecule has 0 saturated carbocycles. The Labute approximate surface area is 128 Å². The van der Waals surface area contributed by atoms with Crippen LogP contribution in [0.2, 0.25) is 0 Å². The summed E-state index contributed by atoms with van der Waals surface area (Å²) < 4.78 is 23.0. The van der Waals surface area contributed by atoms with Crippen LogP contribution in [0, 0.1) is 6.92 Å². The highest BCUT2D eigenvalue weighted by Gasteiger charge is 2.21. The van der Waals surface area contributed by atoms with Crippen molar-refractivity contribution in [1.82, 2.24) is 14.9 Å². The Morgan fingerprint density at radius 1 is 1.38 bits per heavy atom. The minimum Gasteiger partial charge on any atom is -0.293 e. The quantitative estimate of drug-likeness (QED) is 0.806. The van der Waals surface area contributed by atoms with Crippen LogP contribution < -0.4 is 0 Å². The molecular weight excluding hydrogens is 306 g/mol. The summed E-state index contributed by atoms with van der Waals surface area (Å²) in [5, 5.41) is -0.0661. The van der Waals surface area contributed by atoms with E-state index in [0.717, 1.165) is 43.6 Å². The van der Waals surface area contributed by atoms with Gasteiger partial charge in [0.1, 0.15) is 0 Å². The Morgan fingerprint density at radius 2 is 2.19 bits per heavy atom. The highest BCUT2D eigenvalue weighted by Crippen LogP contribution is 2.22. The summed E-state index contributed by atoms with van der Waals surface area (Å²) in [6.07, 6.45) is 3.57. The summed E-state index contributed by atoms with van der Waals surface area (Å²) in [4.78, 5) is 13.2. The Kier molecular flexibility index (Phi) is 3.81. The van der Waals surface area contributed by atoms with Crippen molar-refractivity contribution in [3.05, 3.63) is 39.3 Å². The number of rotatable bonds is 3. The first kappa shape index (κ1) is 14.6. The van der Waals surface area contributed by atoms with Gasteiger partial charge in [0.05, 0.1) is 5.69 Å². The summed E-state index contributed by atoms with van der Waals surface area (Å²) in [5.41, 5.74) is 1.89. The molecule has 0 amide bonds. The number of aromatic nitrogens is 2. The maximum absolute atomic E-state index is 11.5. The lowest BCUT2D eigenvalue weighted by molar-refractivity contribution is 0.244. The number of fused-ring (bicyclic) bond motifs is 1. The number of thiophene rings is 1. The fraction of sp³-hybridized carbons (Fsp3) is 0.429. The van der Waals surface area contributed by atoms with Crippen molar-refractivity contribution >= 4 is 21.2 Å². The van der Waals surface area contributed by atoms with Crippen LogP contribution in [0.3, 0.4) is 0 Å². The standard InChI is InChI=1S/C14H17N3O2S2/c1-10-3-4-12(20-10)9-17-6-5-13-11(8-17)7-15-14(16-13)21(2,18)19/h3-4,7H,5-6,8-9H2,1-2H3. The van der Waals surface area contributed by atoms with Crippen molar-refractivity contribution < 1.29 is 8.42 Å². The molecule has 7 heteroatoms. The van der Waals surface area contributed by atoms with Crippen molar-refractivity contribution in [3.63, 3.8) is 0 Å². The maximum atomic E-state index is 11.5. The Bertz CT molecular complexity index is 768. The van der Waals surface area contributed by atoms with Crippen LogP contribution >= 0.6 is 11.3 Å². The van der Waals surface area contributed by atoms with Crippen molar-refractivity contribution in [2.24, 2.45) is 0 Å². The number of nitrogens with zero attached hydrogens (tertiary/aromatic N) is 3. The average Bonchev–Trinajstić information content (AvgIpc) is 2.82. The van der Waals surface area contributed by atoms with Crippen molar-refractivity contribution in [2.45, 2.75) is 31.6 Å². The normalized spacial score (nSPS) is 15.9. The molecule has 21 heavy (non-hydrogen) atoms. The molecule has 3 rings (SSSR count). The first-order valence-corrected chi connectivity index (χ1v) is 9.45. The first-order chi connectivity index (χ1) is 9.91. The summed E-state index contributed by atoms with van der Waals surface area (Å²) in [7, 11) is -3.33. The van der Waals surface area contributed by atoms with Crippen molar-refractivity contribution in [1.29, 1.82) is 0 Å². The number of sulfone groups is 1. The van der Waals surface area contributed by atoms with Gasteiger partial charge in [-0.1, -0.05) is 0 Å². The molecule has 2 aromatic heterocycles. The number of aryl methyl sites for hydroxylation is 1. The molecule has 2 aromatic rings. The van der Waals surface area contributed by atoms with Gasteiger partial charge in [-0.05, 0) is 19.1 Å². The van der Waals surface area contributed by atoms with Gasteiger partial charge in [-0.2, -0.15) is 0 Å². The molecule has 0 saturated heterocycles. The third-order valence-electron chi connectivity index (χ3n) is 3.50. The van der Waals surface area contributed by atoms with E-state index in [9.17, 15) is 8.42 Å². The van der Waals surface area contributed by atoms with E-state index >= 15 is 0 Å². The largest absolute Gasteiger partial charge is 0.293 e. The lowest BCUT2D eigenvalue weighted by atomic mass is 10.1. The lowest BCUT2D eigenvalue weighted by Crippen LogP contribution is -2.31. The smallest absolute Gasteiger partial charge is 0.246 e. The van der Waals surface area contributed by atoms with Gasteiger partial charge >= 0.3 is 0 Å². The zero-order chi connectivity index (χ0) is 15.0. The molecule has 0 fully saturated rings. The van der Waals surface area contributed by atoms with Crippen molar-refractivity contribution in [2.75, 3.05) is 12.8 Å². The fourth-order valence-electron chi connectivity index (χ4n) is 2.46. The second kappa shape index (κ2) is 5.47. The topological polar surface area (TPSA) is 63.2 Å². The lowest BCUT2D eigenvalue weighted by Gasteiger charge is -2.27. The van der Waals surface area contributed by atoms with Gasteiger partial charge in [0.2, 0.25) is 15.0 Å². The second-order valence-corrected chi connectivity index (χ2v) is 8.65. The molecule has 1 aliphatic heterocycles. The van der Waals surface area contributed by atoms with Crippen LogP contribution in [0.15, 0.2) is 23.5 Å². The Morgan fingerprint density at radius 3 is 2.86 bits per heavy atom. The molecule has 0 bridgehead atoms. The van der Waals surface area contributed by atoms with Gasteiger partial charge in [0.15, 0.2) is 0 Å². The van der Waals surface area contributed by atoms with Gasteiger partial charge in [-0.25, -0.2) is 18.4 Å². The maximum Gasteiger partial charge on any atom is 0.246 e. The third-order valence-corrected chi connectivity index (χ3v) is 5.34.